The van der Waals surface area contributed by atoms with Gasteiger partial charge in [0, 0.05) is 56.6 Å². The summed E-state index contributed by atoms with van der Waals surface area (Å²) >= 11 is 0. The van der Waals surface area contributed by atoms with Crippen molar-refractivity contribution in [1.82, 2.24) is 0 Å². The van der Waals surface area contributed by atoms with Gasteiger partial charge >= 0.3 is 0 Å². The molecule has 3 nitrogen and oxygen atoms in total. The van der Waals surface area contributed by atoms with E-state index in [0.29, 0.717) is 0 Å². The van der Waals surface area contributed by atoms with Gasteiger partial charge < -0.3 is 14.7 Å². The molecule has 470 valence electrons. The van der Waals surface area contributed by atoms with Crippen molar-refractivity contribution in [2.45, 2.75) is 188 Å². The van der Waals surface area contributed by atoms with E-state index in [2.05, 4.69) is 281 Å². The monoisotopic (exact) mass is 1210 g/mol. The van der Waals surface area contributed by atoms with Crippen LogP contribution in [0.5, 0.6) is 0 Å². The molecule has 0 aliphatic heterocycles. The molecular formula is C89H99N3. The highest BCUT2D eigenvalue weighted by atomic mass is 15.2. The minimum Gasteiger partial charge on any atom is -0.311 e. The van der Waals surface area contributed by atoms with Gasteiger partial charge in [0.05, 0.1) is 0 Å². The van der Waals surface area contributed by atoms with Gasteiger partial charge in [-0.3, -0.25) is 0 Å². The third-order valence-electron chi connectivity index (χ3n) is 20.3. The minimum absolute atomic E-state index is 0.0233. The Morgan fingerprint density at radius 2 is 0.598 bits per heavy atom. The Morgan fingerprint density at radius 1 is 0.272 bits per heavy atom. The van der Waals surface area contributed by atoms with Gasteiger partial charge in [0.1, 0.15) is 0 Å². The van der Waals surface area contributed by atoms with Gasteiger partial charge in [-0.1, -0.05) is 238 Å². The van der Waals surface area contributed by atoms with E-state index >= 15 is 0 Å². The van der Waals surface area contributed by atoms with Crippen LogP contribution in [0.2, 0.25) is 0 Å². The molecule has 0 N–H and O–H groups in total. The fraction of sp³-hybridized carbons (Fsp3) is 0.326. The van der Waals surface area contributed by atoms with Crippen molar-refractivity contribution >= 4 is 51.2 Å². The van der Waals surface area contributed by atoms with Crippen LogP contribution in [-0.4, -0.2) is 0 Å². The van der Waals surface area contributed by atoms with Crippen molar-refractivity contribution in [3.63, 3.8) is 0 Å². The summed E-state index contributed by atoms with van der Waals surface area (Å²) < 4.78 is 0. The van der Waals surface area contributed by atoms with Crippen LogP contribution in [0.4, 0.5) is 51.2 Å². The van der Waals surface area contributed by atoms with Crippen LogP contribution in [0.3, 0.4) is 0 Å². The Morgan fingerprint density at radius 3 is 1.02 bits per heavy atom. The summed E-state index contributed by atoms with van der Waals surface area (Å²) in [5, 5.41) is 0. The second-order valence-electron chi connectivity index (χ2n) is 26.9. The third-order valence-corrected chi connectivity index (χ3v) is 20.3. The molecule has 0 radical (unpaired) electrons. The van der Waals surface area contributed by atoms with Crippen LogP contribution < -0.4 is 14.7 Å². The summed E-state index contributed by atoms with van der Waals surface area (Å²) in [7, 11) is 0. The Kier molecular flexibility index (Phi) is 21.0. The Bertz CT molecular complexity index is 3900. The van der Waals surface area contributed by atoms with Crippen molar-refractivity contribution in [1.29, 1.82) is 0 Å². The second kappa shape index (κ2) is 30.4. The average Bonchev–Trinajstić information content (AvgIpc) is 1.56. The molecule has 0 saturated carbocycles. The molecule has 12 rings (SSSR count). The van der Waals surface area contributed by atoms with E-state index in [1.807, 2.05) is 0 Å². The van der Waals surface area contributed by atoms with Crippen LogP contribution in [0, 0.1) is 13.8 Å². The van der Waals surface area contributed by atoms with Crippen molar-refractivity contribution in [3.8, 4) is 33.4 Å². The van der Waals surface area contributed by atoms with E-state index in [1.54, 1.807) is 11.1 Å². The molecule has 0 saturated heterocycles. The van der Waals surface area contributed by atoms with Crippen LogP contribution >= 0.6 is 0 Å². The first-order valence-electron chi connectivity index (χ1n) is 35.7. The van der Waals surface area contributed by atoms with Crippen LogP contribution in [0.25, 0.3) is 33.4 Å². The highest BCUT2D eigenvalue weighted by molar-refractivity contribution is 5.87. The minimum atomic E-state index is 0.0233. The predicted octanol–water partition coefficient (Wildman–Crippen LogP) is 26.6. The van der Waals surface area contributed by atoms with E-state index < -0.39 is 0 Å². The Balaban J connectivity index is 0.892. The van der Waals surface area contributed by atoms with E-state index in [1.165, 1.54) is 212 Å². The molecular weight excluding hydrogens is 1110 g/mol. The topological polar surface area (TPSA) is 9.72 Å². The number of unbranched alkanes of at least 4 members (excludes halogenated alkanes) is 12. The zero-order chi connectivity index (χ0) is 63.2. The lowest BCUT2D eigenvalue weighted by Crippen LogP contribution is -2.25. The van der Waals surface area contributed by atoms with Gasteiger partial charge in [-0.15, -0.1) is 0 Å². The Labute approximate surface area is 553 Å². The summed E-state index contributed by atoms with van der Waals surface area (Å²) in [6.45, 7) is 13.7. The number of hydrogen-bond acceptors (Lipinski definition) is 3. The average molecular weight is 1210 g/mol. The van der Waals surface area contributed by atoms with Gasteiger partial charge in [0.25, 0.3) is 0 Å². The summed E-state index contributed by atoms with van der Waals surface area (Å²) in [6, 6.07) is 86.4. The molecule has 2 aliphatic rings. The number of rotatable bonds is 31. The number of fused-ring (bicyclic) bond motifs is 4. The molecule has 92 heavy (non-hydrogen) atoms. The van der Waals surface area contributed by atoms with E-state index in [4.69, 9.17) is 0 Å². The first-order chi connectivity index (χ1) is 45.2. The lowest BCUT2D eigenvalue weighted by Gasteiger charge is -2.33. The molecule has 0 spiro atoms. The summed E-state index contributed by atoms with van der Waals surface area (Å²) in [5.74, 6) is 0. The maximum atomic E-state index is 2.62. The molecule has 0 fully saturated rings. The zero-order valence-electron chi connectivity index (χ0n) is 56.3. The fourth-order valence-corrected chi connectivity index (χ4v) is 14.8. The SMILES string of the molecule is CCCCCCCCC1(CCCCCCCC)c2cc(C)ccc2-c2ccc(-c3ccc(N(c4ccc(-c5ccc(N(c6ccc(C)cc6)c6ccc7c(c6)CC7)cc5)cc4)c4ccc(N(c5ccc(CCCC)cc5)c5ccc(CCCC)cc5)cc4)cc3)cc21. The van der Waals surface area contributed by atoms with Crippen LogP contribution in [0.1, 0.15) is 188 Å². The second-order valence-corrected chi connectivity index (χ2v) is 26.9. The zero-order valence-corrected chi connectivity index (χ0v) is 56.3. The molecule has 3 heteroatoms. The Hall–Kier alpha value is -8.40. The van der Waals surface area contributed by atoms with E-state index in [9.17, 15) is 0 Å². The predicted molar refractivity (Wildman–Crippen MR) is 398 cm³/mol. The first kappa shape index (κ1) is 63.7. The molecule has 2 aliphatic carbocycles. The van der Waals surface area contributed by atoms with Crippen LogP contribution in [-0.2, 0) is 31.1 Å². The lowest BCUT2D eigenvalue weighted by molar-refractivity contribution is 0.398. The van der Waals surface area contributed by atoms with Crippen molar-refractivity contribution in [3.05, 3.63) is 269 Å². The highest BCUT2D eigenvalue weighted by Crippen LogP contribution is 2.56. The molecule has 0 bridgehead atoms. The van der Waals surface area contributed by atoms with E-state index in [0.717, 1.165) is 47.7 Å². The summed E-state index contributed by atoms with van der Waals surface area (Å²) in [6.07, 6.45) is 27.6. The van der Waals surface area contributed by atoms with Gasteiger partial charge in [-0.2, -0.15) is 0 Å². The van der Waals surface area contributed by atoms with Gasteiger partial charge in [0.15, 0.2) is 0 Å². The van der Waals surface area contributed by atoms with Gasteiger partial charge in [-0.25, -0.2) is 0 Å². The molecule has 0 unspecified atom stereocenters. The van der Waals surface area contributed by atoms with Crippen molar-refractivity contribution in [2.24, 2.45) is 0 Å². The molecule has 0 amide bonds. The van der Waals surface area contributed by atoms with Crippen LogP contribution in [0.15, 0.2) is 224 Å². The fourth-order valence-electron chi connectivity index (χ4n) is 14.8. The normalized spacial score (nSPS) is 12.7. The van der Waals surface area contributed by atoms with Gasteiger partial charge in [-0.05, 0) is 247 Å². The highest BCUT2D eigenvalue weighted by Gasteiger charge is 2.42. The lowest BCUT2D eigenvalue weighted by atomic mass is 9.70. The largest absolute Gasteiger partial charge is 0.311 e. The maximum Gasteiger partial charge on any atom is 0.0464 e. The molecule has 0 heterocycles. The van der Waals surface area contributed by atoms with E-state index in [-0.39, 0.29) is 5.41 Å². The molecule has 10 aromatic rings. The van der Waals surface area contributed by atoms with Crippen molar-refractivity contribution < 1.29 is 0 Å². The quantitative estimate of drug-likeness (QED) is 0.0401. The number of hydrogen-bond donors (Lipinski definition) is 0. The molecule has 10 aromatic carbocycles. The maximum absolute atomic E-state index is 2.62. The number of benzene rings is 10. The van der Waals surface area contributed by atoms with Gasteiger partial charge in [0.2, 0.25) is 0 Å². The third kappa shape index (κ3) is 14.4. The summed E-state index contributed by atoms with van der Waals surface area (Å²) in [5.41, 5.74) is 29.7. The molecule has 0 aromatic heterocycles. The van der Waals surface area contributed by atoms with Crippen molar-refractivity contribution in [2.75, 3.05) is 14.7 Å². The number of aryl methyl sites for hydroxylation is 6. The first-order valence-corrected chi connectivity index (χ1v) is 35.7. The number of anilines is 9. The standard InChI is InChI=1S/C89H99N3/c1-7-11-15-17-19-21-61-89(62-22-20-18-16-12-8-2)87-63-67(6)27-59-85(87)86-60-41-75(65-88(86)89)73-38-52-80(53-39-73)91(83-57-55-82(56-58-83)90(77-44-28-68(29-45-77)23-13-9-3)78-46-30-69(31-47-78)24-14-10-4)79-48-34-70(35-49-79)71-36-50-81(51-37-71)92(76-42-25-66(5)26-43-76)84-54-40-72-32-33-74(72)64-84/h25-31,34-60,63-65H,7-24,32-33,61-62H2,1-6H3. The smallest absolute Gasteiger partial charge is 0.0464 e. The molecule has 0 atom stereocenters. The number of nitrogens with zero attached hydrogens (tertiary/aromatic N) is 3. The summed E-state index contributed by atoms with van der Waals surface area (Å²) in [4.78, 5) is 7.27.